The molecule has 0 unspecified atom stereocenters. The van der Waals surface area contributed by atoms with E-state index in [0.29, 0.717) is 4.47 Å². The predicted molar refractivity (Wildman–Crippen MR) is 68.3 cm³/mol. The lowest BCUT2D eigenvalue weighted by molar-refractivity contribution is -0.386. The smallest absolute Gasteiger partial charge is 0.312 e. The second-order valence-corrected chi connectivity index (χ2v) is 4.30. The average molecular weight is 328 g/mol. The molecule has 0 radical (unpaired) electrons. The number of nitrogens with zero attached hydrogens (tertiary/aromatic N) is 1. The number of hydrogen-bond donors (Lipinski definition) is 3. The maximum absolute atomic E-state index is 10.6. The van der Waals surface area contributed by atoms with Gasteiger partial charge >= 0.3 is 5.69 Å². The number of rotatable bonds is 3. The number of hydrogen-bond acceptors (Lipinski definition) is 5. The summed E-state index contributed by atoms with van der Waals surface area (Å²) in [4.78, 5) is 9.93. The molecule has 0 aliphatic carbocycles. The minimum absolute atomic E-state index is 0. The van der Waals surface area contributed by atoms with E-state index in [-0.39, 0.29) is 18.0 Å². The molecule has 2 atom stereocenters. The third kappa shape index (κ3) is 3.53. The summed E-state index contributed by atoms with van der Waals surface area (Å²) >= 11 is 3.08. The van der Waals surface area contributed by atoms with Gasteiger partial charge in [0.25, 0.3) is 0 Å². The van der Waals surface area contributed by atoms with Gasteiger partial charge < -0.3 is 15.9 Å². The van der Waals surface area contributed by atoms with Gasteiger partial charge in [-0.1, -0.05) is 15.9 Å². The van der Waals surface area contributed by atoms with Crippen molar-refractivity contribution >= 4 is 34.0 Å². The van der Waals surface area contributed by atoms with Gasteiger partial charge in [-0.15, -0.1) is 12.4 Å². The Morgan fingerprint density at radius 1 is 1.53 bits per heavy atom. The molecule has 0 fully saturated rings. The van der Waals surface area contributed by atoms with E-state index in [4.69, 9.17) is 5.73 Å². The zero-order valence-electron chi connectivity index (χ0n) is 8.83. The highest BCUT2D eigenvalue weighted by Crippen LogP contribution is 2.36. The van der Waals surface area contributed by atoms with E-state index in [9.17, 15) is 20.3 Å². The lowest BCUT2D eigenvalue weighted by Gasteiger charge is -2.16. The number of phenolic OH excluding ortho intramolecular Hbond substituents is 1. The first kappa shape index (κ1) is 16.1. The second kappa shape index (κ2) is 6.15. The van der Waals surface area contributed by atoms with Crippen molar-refractivity contribution in [3.8, 4) is 5.75 Å². The highest BCUT2D eigenvalue weighted by atomic mass is 79.9. The predicted octanol–water partition coefficient (Wildman–Crippen LogP) is 1.87. The number of nitro benzene ring substituents is 1. The number of aliphatic hydroxyl groups is 1. The molecule has 1 aromatic rings. The molecule has 4 N–H and O–H groups in total. The maximum Gasteiger partial charge on any atom is 0.312 e. The molecule has 0 aliphatic rings. The van der Waals surface area contributed by atoms with Crippen LogP contribution in [0, 0.1) is 10.1 Å². The van der Waals surface area contributed by atoms with Crippen molar-refractivity contribution in [1.82, 2.24) is 0 Å². The first-order chi connectivity index (χ1) is 7.34. The number of benzene rings is 1. The molecular formula is C9H12BrClN2O4. The highest BCUT2D eigenvalue weighted by Gasteiger charge is 2.24. The molecule has 6 nitrogen and oxygen atoms in total. The Kier molecular flexibility index (Phi) is 5.83. The molecule has 1 rings (SSSR count). The largest absolute Gasteiger partial charge is 0.502 e. The van der Waals surface area contributed by atoms with Crippen LogP contribution in [0.4, 0.5) is 5.69 Å². The molecule has 96 valence electrons. The molecule has 0 saturated heterocycles. The van der Waals surface area contributed by atoms with Gasteiger partial charge in [0.05, 0.1) is 17.1 Å². The molecular weight excluding hydrogens is 315 g/mol. The molecule has 0 amide bonds. The molecule has 1 aromatic carbocycles. The summed E-state index contributed by atoms with van der Waals surface area (Å²) in [5, 5.41) is 29.6. The van der Waals surface area contributed by atoms with Gasteiger partial charge in [-0.05, 0) is 13.0 Å². The Bertz CT molecular complexity index is 428. The van der Waals surface area contributed by atoms with Crippen molar-refractivity contribution in [2.24, 2.45) is 5.73 Å². The van der Waals surface area contributed by atoms with Gasteiger partial charge in [0.15, 0.2) is 5.75 Å². The number of aromatic hydroxyl groups is 1. The summed E-state index contributed by atoms with van der Waals surface area (Å²) in [7, 11) is 0. The fourth-order valence-electron chi connectivity index (χ4n) is 1.26. The van der Waals surface area contributed by atoms with Crippen molar-refractivity contribution < 1.29 is 15.1 Å². The summed E-state index contributed by atoms with van der Waals surface area (Å²) in [5.41, 5.74) is 5.31. The van der Waals surface area contributed by atoms with Crippen LogP contribution < -0.4 is 5.73 Å². The average Bonchev–Trinajstić information content (AvgIpc) is 2.19. The van der Waals surface area contributed by atoms with Crippen molar-refractivity contribution in [2.75, 3.05) is 0 Å². The molecule has 0 aliphatic heterocycles. The van der Waals surface area contributed by atoms with Crippen molar-refractivity contribution in [3.05, 3.63) is 32.3 Å². The molecule has 0 aromatic heterocycles. The van der Waals surface area contributed by atoms with Crippen molar-refractivity contribution in [1.29, 1.82) is 0 Å². The third-order valence-electron chi connectivity index (χ3n) is 2.16. The Morgan fingerprint density at radius 3 is 2.47 bits per heavy atom. The van der Waals surface area contributed by atoms with Crippen LogP contribution in [-0.2, 0) is 0 Å². The van der Waals surface area contributed by atoms with E-state index in [2.05, 4.69) is 15.9 Å². The van der Waals surface area contributed by atoms with E-state index in [1.165, 1.54) is 19.1 Å². The van der Waals surface area contributed by atoms with Crippen LogP contribution in [0.5, 0.6) is 5.75 Å². The Labute approximate surface area is 112 Å². The fourth-order valence-corrected chi connectivity index (χ4v) is 1.72. The van der Waals surface area contributed by atoms with E-state index < -0.39 is 28.5 Å². The Hall–Kier alpha value is -0.890. The zero-order valence-corrected chi connectivity index (χ0v) is 11.2. The fraction of sp³-hybridized carbons (Fsp3) is 0.333. The first-order valence-electron chi connectivity index (χ1n) is 4.45. The summed E-state index contributed by atoms with van der Waals surface area (Å²) in [6, 6.07) is 1.74. The highest BCUT2D eigenvalue weighted by molar-refractivity contribution is 9.10. The Morgan fingerprint density at radius 2 is 2.06 bits per heavy atom. The summed E-state index contributed by atoms with van der Waals surface area (Å²) in [6.45, 7) is 1.44. The Balaban J connectivity index is 0.00000256. The SMILES string of the molecule is C[C@H](O)[C@H](N)c1cc(Br)cc([N+](=O)[O-])c1O.Cl. The van der Waals surface area contributed by atoms with Crippen LogP contribution in [0.1, 0.15) is 18.5 Å². The molecule has 0 bridgehead atoms. The monoisotopic (exact) mass is 326 g/mol. The van der Waals surface area contributed by atoms with Crippen LogP contribution in [-0.4, -0.2) is 21.2 Å². The number of aliphatic hydroxyl groups excluding tert-OH is 1. The zero-order chi connectivity index (χ0) is 12.5. The lowest BCUT2D eigenvalue weighted by Crippen LogP contribution is -2.23. The van der Waals surface area contributed by atoms with Gasteiger partial charge in [0.2, 0.25) is 0 Å². The van der Waals surface area contributed by atoms with E-state index in [1.807, 2.05) is 0 Å². The quantitative estimate of drug-likeness (QED) is 0.580. The molecule has 0 saturated carbocycles. The third-order valence-corrected chi connectivity index (χ3v) is 2.62. The van der Waals surface area contributed by atoms with E-state index in [0.717, 1.165) is 0 Å². The first-order valence-corrected chi connectivity index (χ1v) is 5.24. The van der Waals surface area contributed by atoms with Crippen LogP contribution in [0.2, 0.25) is 0 Å². The molecule has 0 spiro atoms. The van der Waals surface area contributed by atoms with Crippen molar-refractivity contribution in [3.63, 3.8) is 0 Å². The normalized spacial score (nSPS) is 13.6. The number of halogens is 2. The van der Waals surface area contributed by atoms with Crippen LogP contribution in [0.15, 0.2) is 16.6 Å². The van der Waals surface area contributed by atoms with Crippen LogP contribution in [0.3, 0.4) is 0 Å². The van der Waals surface area contributed by atoms with Gasteiger partial charge in [-0.2, -0.15) is 0 Å². The number of phenols is 1. The maximum atomic E-state index is 10.6. The standard InChI is InChI=1S/C9H11BrN2O4.ClH/c1-4(13)8(11)6-2-5(10)3-7(9(6)14)12(15)16;/h2-4,8,13-14H,11H2,1H3;1H/t4-,8-;/m0./s1. The molecule has 0 heterocycles. The topological polar surface area (TPSA) is 110 Å². The minimum Gasteiger partial charge on any atom is -0.502 e. The lowest BCUT2D eigenvalue weighted by atomic mass is 10.0. The summed E-state index contributed by atoms with van der Waals surface area (Å²) in [6.07, 6.45) is -0.917. The molecule has 8 heteroatoms. The second-order valence-electron chi connectivity index (χ2n) is 3.39. The van der Waals surface area contributed by atoms with Gasteiger partial charge in [0, 0.05) is 16.1 Å². The van der Waals surface area contributed by atoms with Gasteiger partial charge in [-0.3, -0.25) is 10.1 Å². The van der Waals surface area contributed by atoms with Gasteiger partial charge in [-0.25, -0.2) is 0 Å². The summed E-state index contributed by atoms with van der Waals surface area (Å²) in [5.74, 6) is -0.512. The van der Waals surface area contributed by atoms with Crippen LogP contribution >= 0.6 is 28.3 Å². The van der Waals surface area contributed by atoms with E-state index in [1.54, 1.807) is 0 Å². The molecule has 17 heavy (non-hydrogen) atoms. The summed E-state index contributed by atoms with van der Waals surface area (Å²) < 4.78 is 0.420. The van der Waals surface area contributed by atoms with E-state index >= 15 is 0 Å². The van der Waals surface area contributed by atoms with Crippen LogP contribution in [0.25, 0.3) is 0 Å². The van der Waals surface area contributed by atoms with Crippen molar-refractivity contribution in [2.45, 2.75) is 19.1 Å². The number of nitrogens with two attached hydrogens (primary N) is 1. The minimum atomic E-state index is -0.917. The van der Waals surface area contributed by atoms with Gasteiger partial charge in [0.1, 0.15) is 0 Å². The number of nitro groups is 1.